The molecule has 0 heterocycles. The first-order valence-electron chi connectivity index (χ1n) is 5.15. The van der Waals surface area contributed by atoms with Gasteiger partial charge in [0.25, 0.3) is 0 Å². The molecule has 0 fully saturated rings. The van der Waals surface area contributed by atoms with Crippen molar-refractivity contribution in [1.82, 2.24) is 0 Å². The van der Waals surface area contributed by atoms with E-state index in [4.69, 9.17) is 0 Å². The second-order valence-corrected chi connectivity index (χ2v) is 4.53. The van der Waals surface area contributed by atoms with Gasteiger partial charge in [-0.1, -0.05) is 24.6 Å². The van der Waals surface area contributed by atoms with Crippen LogP contribution in [0.2, 0.25) is 0 Å². The van der Waals surface area contributed by atoms with Crippen LogP contribution >= 0.6 is 0 Å². The molecule has 0 unspecified atom stereocenters. The van der Waals surface area contributed by atoms with Gasteiger partial charge in [0.1, 0.15) is 11.6 Å². The summed E-state index contributed by atoms with van der Waals surface area (Å²) in [4.78, 5) is 0. The molecule has 1 aromatic carbocycles. The lowest BCUT2D eigenvalue weighted by Gasteiger charge is -2.22. The largest absolute Gasteiger partial charge is 0.207 e. The lowest BCUT2D eigenvalue weighted by atomic mass is 9.82. The third kappa shape index (κ3) is 1.81. The van der Waals surface area contributed by atoms with Gasteiger partial charge in [-0.2, -0.15) is 0 Å². The molecule has 0 radical (unpaired) electrons. The maximum Gasteiger partial charge on any atom is 0.130 e. The Labute approximate surface area is 88.6 Å². The smallest absolute Gasteiger partial charge is 0.130 e. The standard InChI is InChI=1S/C13H14F2/c1-9-5-6-13(2,8-9)11-4-3-10(14)7-12(11)15/h3-4,7-8H,5-6H2,1-2H3/t13-/m1/s1. The minimum absolute atomic E-state index is 0.262. The number of rotatable bonds is 1. The van der Waals surface area contributed by atoms with Crippen LogP contribution in [0, 0.1) is 11.6 Å². The van der Waals surface area contributed by atoms with Gasteiger partial charge in [-0.25, -0.2) is 8.78 Å². The molecule has 1 aromatic rings. The van der Waals surface area contributed by atoms with E-state index in [1.54, 1.807) is 6.07 Å². The van der Waals surface area contributed by atoms with Crippen molar-refractivity contribution >= 4 is 0 Å². The number of hydrogen-bond acceptors (Lipinski definition) is 0. The molecule has 0 bridgehead atoms. The fraction of sp³-hybridized carbons (Fsp3) is 0.385. The van der Waals surface area contributed by atoms with E-state index in [-0.39, 0.29) is 5.41 Å². The summed E-state index contributed by atoms with van der Waals surface area (Å²) in [6.45, 7) is 4.05. The Morgan fingerprint density at radius 3 is 2.53 bits per heavy atom. The third-order valence-corrected chi connectivity index (χ3v) is 3.15. The van der Waals surface area contributed by atoms with Gasteiger partial charge in [-0.15, -0.1) is 0 Å². The molecule has 0 amide bonds. The predicted octanol–water partition coefficient (Wildman–Crippen LogP) is 3.96. The van der Waals surface area contributed by atoms with E-state index in [2.05, 4.69) is 6.08 Å². The highest BCUT2D eigenvalue weighted by molar-refractivity contribution is 5.35. The normalized spacial score (nSPS) is 25.5. The molecule has 0 spiro atoms. The van der Waals surface area contributed by atoms with Crippen molar-refractivity contribution in [1.29, 1.82) is 0 Å². The third-order valence-electron chi connectivity index (χ3n) is 3.15. The van der Waals surface area contributed by atoms with Gasteiger partial charge in [0.15, 0.2) is 0 Å². The molecule has 0 aromatic heterocycles. The summed E-state index contributed by atoms with van der Waals surface area (Å²) in [7, 11) is 0. The Bertz CT molecular complexity index is 421. The molecule has 1 aliphatic rings. The molecule has 0 saturated carbocycles. The van der Waals surface area contributed by atoms with Gasteiger partial charge in [0, 0.05) is 11.5 Å². The van der Waals surface area contributed by atoms with Crippen molar-refractivity contribution < 1.29 is 8.78 Å². The summed E-state index contributed by atoms with van der Waals surface area (Å²) >= 11 is 0. The SMILES string of the molecule is CC1=C[C@](C)(c2ccc(F)cc2F)CC1. The Morgan fingerprint density at radius 1 is 1.27 bits per heavy atom. The minimum Gasteiger partial charge on any atom is -0.207 e. The highest BCUT2D eigenvalue weighted by Gasteiger charge is 2.31. The molecular weight excluding hydrogens is 194 g/mol. The Hall–Kier alpha value is -1.18. The number of hydrogen-bond donors (Lipinski definition) is 0. The Kier molecular flexibility index (Phi) is 2.37. The molecule has 15 heavy (non-hydrogen) atoms. The van der Waals surface area contributed by atoms with Crippen molar-refractivity contribution in [3.63, 3.8) is 0 Å². The molecule has 0 nitrogen and oxygen atoms in total. The van der Waals surface area contributed by atoms with Gasteiger partial charge in [0.2, 0.25) is 0 Å². The maximum absolute atomic E-state index is 13.6. The second-order valence-electron chi connectivity index (χ2n) is 4.53. The predicted molar refractivity (Wildman–Crippen MR) is 56.7 cm³/mol. The maximum atomic E-state index is 13.6. The van der Waals surface area contributed by atoms with Crippen LogP contribution in [-0.2, 0) is 5.41 Å². The van der Waals surface area contributed by atoms with Crippen molar-refractivity contribution in [2.24, 2.45) is 0 Å². The lowest BCUT2D eigenvalue weighted by molar-refractivity contribution is 0.509. The van der Waals surface area contributed by atoms with E-state index >= 15 is 0 Å². The van der Waals surface area contributed by atoms with E-state index in [0.29, 0.717) is 5.56 Å². The highest BCUT2D eigenvalue weighted by atomic mass is 19.1. The van der Waals surface area contributed by atoms with Crippen LogP contribution in [0.1, 0.15) is 32.3 Å². The van der Waals surface area contributed by atoms with Crippen LogP contribution < -0.4 is 0 Å². The zero-order valence-electron chi connectivity index (χ0n) is 8.98. The first kappa shape index (κ1) is 10.3. The van der Waals surface area contributed by atoms with Crippen molar-refractivity contribution in [3.05, 3.63) is 47.0 Å². The summed E-state index contributed by atoms with van der Waals surface area (Å²) in [5, 5.41) is 0. The number of benzene rings is 1. The molecule has 0 aliphatic heterocycles. The van der Waals surface area contributed by atoms with Crippen LogP contribution in [0.3, 0.4) is 0 Å². The van der Waals surface area contributed by atoms with Gasteiger partial charge >= 0.3 is 0 Å². The van der Waals surface area contributed by atoms with Gasteiger partial charge < -0.3 is 0 Å². The molecular formula is C13H14F2. The van der Waals surface area contributed by atoms with Gasteiger partial charge in [0.05, 0.1) is 0 Å². The summed E-state index contributed by atoms with van der Waals surface area (Å²) in [6, 6.07) is 3.84. The van der Waals surface area contributed by atoms with Crippen LogP contribution in [0.5, 0.6) is 0 Å². The fourth-order valence-corrected chi connectivity index (χ4v) is 2.31. The van der Waals surface area contributed by atoms with Crippen molar-refractivity contribution in [3.8, 4) is 0 Å². The number of allylic oxidation sites excluding steroid dienone is 2. The molecule has 1 atom stereocenters. The van der Waals surface area contributed by atoms with Gasteiger partial charge in [-0.05, 0) is 31.4 Å². The fourth-order valence-electron chi connectivity index (χ4n) is 2.31. The molecule has 0 N–H and O–H groups in total. The first-order valence-corrected chi connectivity index (χ1v) is 5.15. The Balaban J connectivity index is 2.46. The second kappa shape index (κ2) is 3.44. The van der Waals surface area contributed by atoms with Gasteiger partial charge in [-0.3, -0.25) is 0 Å². The van der Waals surface area contributed by atoms with E-state index in [1.165, 1.54) is 11.6 Å². The van der Waals surface area contributed by atoms with E-state index in [9.17, 15) is 8.78 Å². The van der Waals surface area contributed by atoms with Crippen LogP contribution in [0.4, 0.5) is 8.78 Å². The summed E-state index contributed by atoms with van der Waals surface area (Å²) in [5.41, 5.74) is 1.61. The Morgan fingerprint density at radius 2 is 2.00 bits per heavy atom. The van der Waals surface area contributed by atoms with E-state index in [0.717, 1.165) is 18.9 Å². The average Bonchev–Trinajstić information content (AvgIpc) is 2.46. The van der Waals surface area contributed by atoms with Crippen LogP contribution in [0.15, 0.2) is 29.8 Å². The zero-order chi connectivity index (χ0) is 11.1. The molecule has 2 heteroatoms. The van der Waals surface area contributed by atoms with E-state index in [1.807, 2.05) is 13.8 Å². The lowest BCUT2D eigenvalue weighted by Crippen LogP contribution is -2.17. The molecule has 1 aliphatic carbocycles. The zero-order valence-corrected chi connectivity index (χ0v) is 8.98. The molecule has 80 valence electrons. The molecule has 0 saturated heterocycles. The van der Waals surface area contributed by atoms with Crippen LogP contribution in [-0.4, -0.2) is 0 Å². The summed E-state index contributed by atoms with van der Waals surface area (Å²) in [5.74, 6) is -0.956. The van der Waals surface area contributed by atoms with Crippen molar-refractivity contribution in [2.75, 3.05) is 0 Å². The first-order chi connectivity index (χ1) is 7.01. The topological polar surface area (TPSA) is 0 Å². The summed E-state index contributed by atoms with van der Waals surface area (Å²) in [6.07, 6.45) is 3.98. The molecule has 2 rings (SSSR count). The summed E-state index contributed by atoms with van der Waals surface area (Å²) < 4.78 is 26.4. The minimum atomic E-state index is -0.515. The van der Waals surface area contributed by atoms with E-state index < -0.39 is 11.6 Å². The quantitative estimate of drug-likeness (QED) is 0.613. The average molecular weight is 208 g/mol. The number of halogens is 2. The van der Waals surface area contributed by atoms with Crippen molar-refractivity contribution in [2.45, 2.75) is 32.1 Å². The highest BCUT2D eigenvalue weighted by Crippen LogP contribution is 2.39. The van der Waals surface area contributed by atoms with Crippen LogP contribution in [0.25, 0.3) is 0 Å². The monoisotopic (exact) mass is 208 g/mol.